The second-order valence-corrected chi connectivity index (χ2v) is 9.17. The van der Waals surface area contributed by atoms with Crippen LogP contribution in [-0.4, -0.2) is 26.1 Å². The van der Waals surface area contributed by atoms with Gasteiger partial charge < -0.3 is 10.1 Å². The number of aromatic nitrogens is 3. The lowest BCUT2D eigenvalue weighted by molar-refractivity contribution is 0.00640. The van der Waals surface area contributed by atoms with Crippen molar-refractivity contribution < 1.29 is 18.3 Å². The van der Waals surface area contributed by atoms with Gasteiger partial charge in [-0.2, -0.15) is 0 Å². The summed E-state index contributed by atoms with van der Waals surface area (Å²) in [6.45, 7) is 8.76. The highest BCUT2D eigenvalue weighted by Gasteiger charge is 2.25. The molecule has 0 saturated carbocycles. The van der Waals surface area contributed by atoms with Gasteiger partial charge in [0.1, 0.15) is 10.8 Å². The summed E-state index contributed by atoms with van der Waals surface area (Å²) in [5.74, 6) is -1.28. The van der Waals surface area contributed by atoms with E-state index < -0.39 is 35.4 Å². The van der Waals surface area contributed by atoms with Gasteiger partial charge in [-0.3, -0.25) is 9.36 Å². The maximum Gasteiger partial charge on any atom is 0.359 e. The largest absolute Gasteiger partial charge is 0.455 e. The average Bonchev–Trinajstić information content (AvgIpc) is 2.70. The zero-order valence-corrected chi connectivity index (χ0v) is 19.9. The number of ether oxygens (including phenoxy) is 1. The molecule has 33 heavy (non-hydrogen) atoms. The maximum absolute atomic E-state index is 13.5. The fourth-order valence-corrected chi connectivity index (χ4v) is 3.59. The SMILES string of the molecule is Cc1cc(C(C)Nc2ccc(Cl)nc2C(=O)OC(C)(C)C)c2nc(C(F)F)n(C)c(=O)c2c1. The third kappa shape index (κ3) is 5.30. The molecule has 0 saturated heterocycles. The Hall–Kier alpha value is -3.07. The molecule has 0 bridgehead atoms. The first kappa shape index (κ1) is 24.6. The van der Waals surface area contributed by atoms with E-state index in [1.54, 1.807) is 52.8 Å². The number of aryl methyl sites for hydroxylation is 1. The number of carbonyl (C=O) groups is 1. The number of anilines is 1. The molecule has 0 fully saturated rings. The zero-order valence-electron chi connectivity index (χ0n) is 19.2. The van der Waals surface area contributed by atoms with Gasteiger partial charge in [0.2, 0.25) is 0 Å². The molecule has 1 aromatic carbocycles. The highest BCUT2D eigenvalue weighted by atomic mass is 35.5. The zero-order chi connectivity index (χ0) is 24.7. The van der Waals surface area contributed by atoms with E-state index in [1.165, 1.54) is 13.1 Å². The van der Waals surface area contributed by atoms with Gasteiger partial charge in [-0.1, -0.05) is 17.7 Å². The molecule has 7 nitrogen and oxygen atoms in total. The van der Waals surface area contributed by atoms with Gasteiger partial charge in [0.05, 0.1) is 22.6 Å². The Morgan fingerprint density at radius 1 is 1.21 bits per heavy atom. The number of hydrogen-bond donors (Lipinski definition) is 1. The van der Waals surface area contributed by atoms with Crippen LogP contribution in [0.5, 0.6) is 0 Å². The Labute approximate surface area is 194 Å². The van der Waals surface area contributed by atoms with Crippen LogP contribution in [-0.2, 0) is 11.8 Å². The summed E-state index contributed by atoms with van der Waals surface area (Å²) in [6.07, 6.45) is -2.91. The van der Waals surface area contributed by atoms with Gasteiger partial charge in [0.25, 0.3) is 12.0 Å². The number of halogens is 3. The van der Waals surface area contributed by atoms with E-state index in [-0.39, 0.29) is 21.7 Å². The molecule has 2 aromatic heterocycles. The van der Waals surface area contributed by atoms with Gasteiger partial charge in [-0.15, -0.1) is 0 Å². The van der Waals surface area contributed by atoms with E-state index >= 15 is 0 Å². The van der Waals surface area contributed by atoms with Gasteiger partial charge in [-0.05, 0) is 58.4 Å². The minimum atomic E-state index is -2.91. The Morgan fingerprint density at radius 2 is 1.88 bits per heavy atom. The van der Waals surface area contributed by atoms with E-state index in [0.29, 0.717) is 11.3 Å². The van der Waals surface area contributed by atoms with Gasteiger partial charge >= 0.3 is 5.97 Å². The number of nitrogens with one attached hydrogen (secondary N) is 1. The Bertz CT molecular complexity index is 1290. The number of carbonyl (C=O) groups excluding carboxylic acids is 1. The number of rotatable bonds is 5. The number of esters is 1. The van der Waals surface area contributed by atoms with Crippen molar-refractivity contribution >= 4 is 34.2 Å². The van der Waals surface area contributed by atoms with Crippen molar-refractivity contribution in [1.29, 1.82) is 0 Å². The molecule has 1 N–H and O–H groups in total. The predicted molar refractivity (Wildman–Crippen MR) is 123 cm³/mol. The summed E-state index contributed by atoms with van der Waals surface area (Å²) in [5, 5.41) is 3.51. The molecule has 10 heteroatoms. The molecule has 0 aliphatic rings. The van der Waals surface area contributed by atoms with Crippen LogP contribution >= 0.6 is 11.6 Å². The van der Waals surface area contributed by atoms with Crippen molar-refractivity contribution in [1.82, 2.24) is 14.5 Å². The quantitative estimate of drug-likeness (QED) is 0.392. The first-order valence-corrected chi connectivity index (χ1v) is 10.6. The van der Waals surface area contributed by atoms with Crippen LogP contribution in [0.25, 0.3) is 10.9 Å². The topological polar surface area (TPSA) is 86.1 Å². The van der Waals surface area contributed by atoms with Crippen molar-refractivity contribution in [3.63, 3.8) is 0 Å². The number of alkyl halides is 2. The molecule has 3 aromatic rings. The average molecular weight is 479 g/mol. The fraction of sp³-hybridized carbons (Fsp3) is 0.391. The first-order chi connectivity index (χ1) is 15.3. The normalized spacial score (nSPS) is 12.8. The number of nitrogens with zero attached hydrogens (tertiary/aromatic N) is 3. The molecule has 0 aliphatic heterocycles. The lowest BCUT2D eigenvalue weighted by atomic mass is 10.0. The molecule has 176 valence electrons. The highest BCUT2D eigenvalue weighted by Crippen LogP contribution is 2.29. The smallest absolute Gasteiger partial charge is 0.359 e. The molecule has 0 spiro atoms. The van der Waals surface area contributed by atoms with Crippen LogP contribution in [0.1, 0.15) is 67.6 Å². The minimum absolute atomic E-state index is 0.0154. The van der Waals surface area contributed by atoms with Gasteiger partial charge in [0, 0.05) is 12.6 Å². The predicted octanol–water partition coefficient (Wildman–Crippen LogP) is 5.36. The van der Waals surface area contributed by atoms with E-state index in [9.17, 15) is 18.4 Å². The van der Waals surface area contributed by atoms with Crippen LogP contribution in [0, 0.1) is 6.92 Å². The van der Waals surface area contributed by atoms with Gasteiger partial charge in [-0.25, -0.2) is 23.5 Å². The van der Waals surface area contributed by atoms with Crippen LogP contribution in [0.4, 0.5) is 14.5 Å². The lowest BCUT2D eigenvalue weighted by Crippen LogP contribution is -2.26. The summed E-state index contributed by atoms with van der Waals surface area (Å²) in [5.41, 5.74) is 0.472. The van der Waals surface area contributed by atoms with Crippen molar-refractivity contribution in [2.24, 2.45) is 7.05 Å². The minimum Gasteiger partial charge on any atom is -0.455 e. The number of pyridine rings is 1. The van der Waals surface area contributed by atoms with Crippen molar-refractivity contribution in [3.8, 4) is 0 Å². The van der Waals surface area contributed by atoms with E-state index in [0.717, 1.165) is 10.1 Å². The molecule has 1 atom stereocenters. The van der Waals surface area contributed by atoms with E-state index in [4.69, 9.17) is 16.3 Å². The van der Waals surface area contributed by atoms with Crippen molar-refractivity contribution in [2.45, 2.75) is 52.7 Å². The van der Waals surface area contributed by atoms with Crippen LogP contribution in [0.2, 0.25) is 5.15 Å². The highest BCUT2D eigenvalue weighted by molar-refractivity contribution is 6.29. The van der Waals surface area contributed by atoms with E-state index in [2.05, 4.69) is 15.3 Å². The van der Waals surface area contributed by atoms with Gasteiger partial charge in [0.15, 0.2) is 11.5 Å². The molecular formula is C23H25ClF2N4O3. The first-order valence-electron chi connectivity index (χ1n) is 10.2. The molecule has 1 unspecified atom stereocenters. The molecule has 3 rings (SSSR count). The Morgan fingerprint density at radius 3 is 2.48 bits per heavy atom. The molecule has 2 heterocycles. The standard InChI is InChI=1S/C23H25ClF2N4O3/c1-11-9-13(17-14(10-11)21(31)30(6)20(29-17)19(25)26)12(2)27-15-7-8-16(24)28-18(15)22(32)33-23(3,4)5/h7-10,12,19,27H,1-6H3. The van der Waals surface area contributed by atoms with Crippen LogP contribution < -0.4 is 10.9 Å². The third-order valence-electron chi connectivity index (χ3n) is 4.88. The monoisotopic (exact) mass is 478 g/mol. The van der Waals surface area contributed by atoms with Crippen molar-refractivity contribution in [3.05, 3.63) is 62.4 Å². The Balaban J connectivity index is 2.11. The van der Waals surface area contributed by atoms with E-state index in [1.807, 2.05) is 0 Å². The second-order valence-electron chi connectivity index (χ2n) is 8.78. The summed E-state index contributed by atoms with van der Waals surface area (Å²) in [6, 6.07) is 5.95. The lowest BCUT2D eigenvalue weighted by Gasteiger charge is -2.22. The van der Waals surface area contributed by atoms with Crippen molar-refractivity contribution in [2.75, 3.05) is 5.32 Å². The summed E-state index contributed by atoms with van der Waals surface area (Å²) >= 11 is 6.00. The summed E-state index contributed by atoms with van der Waals surface area (Å²) in [4.78, 5) is 33.6. The maximum atomic E-state index is 13.5. The number of hydrogen-bond acceptors (Lipinski definition) is 6. The van der Waals surface area contributed by atoms with Crippen LogP contribution in [0.15, 0.2) is 29.1 Å². The molecule has 0 aliphatic carbocycles. The molecular weight excluding hydrogens is 454 g/mol. The summed E-state index contributed by atoms with van der Waals surface area (Å²) in [7, 11) is 1.27. The molecule has 0 radical (unpaired) electrons. The fourth-order valence-electron chi connectivity index (χ4n) is 3.44. The number of benzene rings is 1. The third-order valence-corrected chi connectivity index (χ3v) is 5.09. The molecule has 0 amide bonds. The summed E-state index contributed by atoms with van der Waals surface area (Å²) < 4.78 is 33.3. The van der Waals surface area contributed by atoms with Crippen LogP contribution in [0.3, 0.4) is 0 Å². The number of fused-ring (bicyclic) bond motifs is 1. The second kappa shape index (κ2) is 9.05. The Kier molecular flexibility index (Phi) is 6.74.